The largest absolute Gasteiger partial charge is 0.379 e. The number of aliphatic hydroxyl groups is 1. The molecule has 0 bridgehead atoms. The number of rotatable bonds is 0. The Labute approximate surface area is 58.9 Å². The minimum absolute atomic E-state index is 1.10. The number of nitrogens with one attached hydrogen (secondary N) is 1. The number of hydrogen-bond acceptors (Lipinski definition) is 2. The molecule has 0 aromatic carbocycles. The van der Waals surface area contributed by atoms with Crippen LogP contribution in [0.5, 0.6) is 0 Å². The Kier molecular flexibility index (Phi) is 0.443. The van der Waals surface area contributed by atoms with Gasteiger partial charge in [-0.1, -0.05) is 0 Å². The van der Waals surface area contributed by atoms with Gasteiger partial charge in [0.15, 0.2) is 6.27 Å². The molecule has 1 aliphatic rings. The molecule has 1 aliphatic heterocycles. The Balaban J connectivity index is 3.43. The van der Waals surface area contributed by atoms with Gasteiger partial charge in [0.1, 0.15) is 6.20 Å². The molecule has 1 fully saturated rings. The zero-order valence-electron chi connectivity index (χ0n) is 11.8. The van der Waals surface area contributed by atoms with Crippen LogP contribution in [0.3, 0.4) is 0 Å². The standard InChI is InChI=1S/C5H10FNO/c6-4-2-1-3-5(8)7-4/h4-5,7-8H,1-3H2/i1D2,2D2,3D2,4D,5D. The summed E-state index contributed by atoms with van der Waals surface area (Å²) in [4.78, 5) is 0. The number of halogens is 1. The van der Waals surface area contributed by atoms with E-state index in [0.29, 0.717) is 0 Å². The second kappa shape index (κ2) is 2.42. The van der Waals surface area contributed by atoms with Gasteiger partial charge in [0.05, 0.1) is 2.74 Å². The van der Waals surface area contributed by atoms with E-state index in [1.165, 1.54) is 0 Å². The van der Waals surface area contributed by atoms with Crippen LogP contribution in [0.25, 0.3) is 0 Å². The predicted octanol–water partition coefficient (Wildman–Crippen LogP) is 0.374. The van der Waals surface area contributed by atoms with Crippen molar-refractivity contribution in [2.45, 2.75) is 31.6 Å². The Bertz CT molecular complexity index is 288. The Hall–Kier alpha value is -0.150. The third-order valence-corrected chi connectivity index (χ3v) is 0.581. The van der Waals surface area contributed by atoms with Crippen LogP contribution in [-0.4, -0.2) is 17.6 Å². The average Bonchev–Trinajstić information content (AvgIpc) is 1.98. The first kappa shape index (κ1) is 1.47. The predicted molar refractivity (Wildman–Crippen MR) is 27.9 cm³/mol. The van der Waals surface area contributed by atoms with Gasteiger partial charge in [0.2, 0.25) is 0 Å². The number of hydrogen-bond donors (Lipinski definition) is 2. The van der Waals surface area contributed by atoms with Crippen molar-refractivity contribution in [3.8, 4) is 0 Å². The van der Waals surface area contributed by atoms with Crippen molar-refractivity contribution in [1.82, 2.24) is 5.32 Å². The molecule has 2 nitrogen and oxygen atoms in total. The molecular formula is C5H10FNO. The van der Waals surface area contributed by atoms with E-state index in [0.717, 1.165) is 5.32 Å². The summed E-state index contributed by atoms with van der Waals surface area (Å²) in [6, 6.07) is 0. The second-order valence-electron chi connectivity index (χ2n) is 1.16. The summed E-state index contributed by atoms with van der Waals surface area (Å²) in [6.07, 6.45) is -17.8. The van der Waals surface area contributed by atoms with Crippen LogP contribution in [0.1, 0.15) is 30.1 Å². The third-order valence-electron chi connectivity index (χ3n) is 0.581. The van der Waals surface area contributed by atoms with E-state index in [2.05, 4.69) is 0 Å². The normalized spacial score (nSPS) is 91.8. The lowest BCUT2D eigenvalue weighted by molar-refractivity contribution is 0.0465. The van der Waals surface area contributed by atoms with Gasteiger partial charge < -0.3 is 5.11 Å². The fourth-order valence-corrected chi connectivity index (χ4v) is 0.312. The smallest absolute Gasteiger partial charge is 0.153 e. The molecule has 1 rings (SSSR count). The summed E-state index contributed by atoms with van der Waals surface area (Å²) in [5, 5.41) is 10.3. The Morgan fingerprint density at radius 3 is 3.38 bits per heavy atom. The maximum atomic E-state index is 13.5. The highest BCUT2D eigenvalue weighted by atomic mass is 19.1. The third kappa shape index (κ3) is 1.42. The summed E-state index contributed by atoms with van der Waals surface area (Å²) >= 11 is 0. The molecule has 48 valence electrons. The Morgan fingerprint density at radius 1 is 1.88 bits per heavy atom. The molecule has 8 heavy (non-hydrogen) atoms. The minimum Gasteiger partial charge on any atom is -0.379 e. The molecule has 1 saturated heterocycles. The van der Waals surface area contributed by atoms with Crippen LogP contribution in [-0.2, 0) is 0 Å². The summed E-state index contributed by atoms with van der Waals surface area (Å²) < 4.78 is 70.3. The van der Waals surface area contributed by atoms with Gasteiger partial charge in [-0.2, -0.15) is 0 Å². The van der Waals surface area contributed by atoms with Gasteiger partial charge in [-0.25, -0.2) is 4.39 Å². The zero-order valence-corrected chi connectivity index (χ0v) is 3.83. The van der Waals surface area contributed by atoms with Gasteiger partial charge >= 0.3 is 0 Å². The summed E-state index contributed by atoms with van der Waals surface area (Å²) in [5.41, 5.74) is 0. The summed E-state index contributed by atoms with van der Waals surface area (Å²) in [6.45, 7) is 0. The zero-order chi connectivity index (χ0) is 13.2. The van der Waals surface area contributed by atoms with Crippen LogP contribution in [0.2, 0.25) is 0 Å². The van der Waals surface area contributed by atoms with E-state index in [1.807, 2.05) is 0 Å². The van der Waals surface area contributed by atoms with Crippen LogP contribution in [0.4, 0.5) is 4.39 Å². The summed E-state index contributed by atoms with van der Waals surface area (Å²) in [7, 11) is 0. The minimum atomic E-state index is -3.82. The van der Waals surface area contributed by atoms with Crippen molar-refractivity contribution in [2.75, 3.05) is 0 Å². The van der Waals surface area contributed by atoms with E-state index in [-0.39, 0.29) is 0 Å². The molecule has 3 heteroatoms. The number of piperidine rings is 1. The first-order chi connectivity index (χ1) is 6.71. The van der Waals surface area contributed by atoms with Crippen LogP contribution in [0, 0.1) is 0 Å². The van der Waals surface area contributed by atoms with E-state index < -0.39 is 31.6 Å². The van der Waals surface area contributed by atoms with Crippen molar-refractivity contribution in [3.63, 3.8) is 0 Å². The highest BCUT2D eigenvalue weighted by Crippen LogP contribution is 2.10. The van der Waals surface area contributed by atoms with Crippen molar-refractivity contribution >= 4 is 0 Å². The molecule has 2 atom stereocenters. The first-order valence-electron chi connectivity index (χ1n) is 5.91. The Morgan fingerprint density at radius 2 is 2.62 bits per heavy atom. The highest BCUT2D eigenvalue weighted by molar-refractivity contribution is 4.65. The number of alkyl halides is 1. The monoisotopic (exact) mass is 127 g/mol. The molecule has 0 spiro atoms. The molecule has 0 amide bonds. The second-order valence-corrected chi connectivity index (χ2v) is 1.16. The molecule has 2 unspecified atom stereocenters. The lowest BCUT2D eigenvalue weighted by atomic mass is 10.1. The lowest BCUT2D eigenvalue weighted by Crippen LogP contribution is -2.39. The molecule has 0 aliphatic carbocycles. The first-order valence-corrected chi connectivity index (χ1v) is 1.91. The van der Waals surface area contributed by atoms with Crippen LogP contribution < -0.4 is 5.32 Å². The summed E-state index contributed by atoms with van der Waals surface area (Å²) in [5.74, 6) is 0. The molecule has 0 aromatic rings. The van der Waals surface area contributed by atoms with Crippen molar-refractivity contribution < 1.29 is 20.5 Å². The lowest BCUT2D eigenvalue weighted by Gasteiger charge is -2.21. The quantitative estimate of drug-likeness (QED) is 0.461. The van der Waals surface area contributed by atoms with Gasteiger partial charge in [0.25, 0.3) is 0 Å². The molecule has 0 radical (unpaired) electrons. The fourth-order valence-electron chi connectivity index (χ4n) is 0.312. The van der Waals surface area contributed by atoms with Crippen molar-refractivity contribution in [3.05, 3.63) is 0 Å². The van der Waals surface area contributed by atoms with Crippen molar-refractivity contribution in [2.24, 2.45) is 0 Å². The van der Waals surface area contributed by atoms with E-state index in [4.69, 9.17) is 11.0 Å². The SMILES string of the molecule is [2H]C1(O)NC([2H])(F)C([2H])([2H])C([2H])([2H])C1([2H])[2H]. The molecular weight excluding hydrogens is 109 g/mol. The van der Waals surface area contributed by atoms with Gasteiger partial charge in [-0.3, -0.25) is 5.32 Å². The van der Waals surface area contributed by atoms with Gasteiger partial charge in [0, 0.05) is 8.22 Å². The molecule has 1 heterocycles. The van der Waals surface area contributed by atoms with Gasteiger partial charge in [-0.05, 0) is 19.1 Å². The van der Waals surface area contributed by atoms with Gasteiger partial charge in [-0.15, -0.1) is 0 Å². The molecule has 2 N–H and O–H groups in total. The molecule has 0 saturated carbocycles. The molecule has 0 aromatic heterocycles. The van der Waals surface area contributed by atoms with Crippen LogP contribution in [0.15, 0.2) is 0 Å². The average molecular weight is 127 g/mol. The van der Waals surface area contributed by atoms with E-state index in [1.54, 1.807) is 0 Å². The maximum absolute atomic E-state index is 13.5. The highest BCUT2D eigenvalue weighted by Gasteiger charge is 2.16. The topological polar surface area (TPSA) is 32.3 Å². The van der Waals surface area contributed by atoms with E-state index in [9.17, 15) is 9.50 Å². The van der Waals surface area contributed by atoms with E-state index >= 15 is 0 Å². The maximum Gasteiger partial charge on any atom is 0.153 e. The van der Waals surface area contributed by atoms with Crippen LogP contribution >= 0.6 is 0 Å². The fraction of sp³-hybridized carbons (Fsp3) is 1.00. The van der Waals surface area contributed by atoms with Crippen molar-refractivity contribution in [1.29, 1.82) is 0 Å².